The highest BCUT2D eigenvalue weighted by atomic mass is 31.1. The van der Waals surface area contributed by atoms with Crippen LogP contribution < -0.4 is 14.8 Å². The van der Waals surface area contributed by atoms with Gasteiger partial charge in [-0.15, -0.1) is 0 Å². The first kappa shape index (κ1) is 16.2. The molecule has 0 aliphatic heterocycles. The first-order valence-electron chi connectivity index (χ1n) is 6.79. The van der Waals surface area contributed by atoms with Gasteiger partial charge in [0.1, 0.15) is 5.75 Å². The molecule has 0 aliphatic carbocycles. The molecule has 0 N–H and O–H groups in total. The van der Waals surface area contributed by atoms with E-state index in [-0.39, 0.29) is 5.52 Å². The van der Waals surface area contributed by atoms with Crippen LogP contribution in [0.2, 0.25) is 0 Å². The van der Waals surface area contributed by atoms with E-state index in [1.54, 1.807) is 18.2 Å². The van der Waals surface area contributed by atoms with Gasteiger partial charge in [-0.25, -0.2) is 4.79 Å². The molecule has 0 aromatic heterocycles. The molecule has 2 aromatic carbocycles. The van der Waals surface area contributed by atoms with Crippen molar-refractivity contribution in [3.05, 3.63) is 53.1 Å². The lowest BCUT2D eigenvalue weighted by Crippen LogP contribution is -2.10. The fourth-order valence-corrected chi connectivity index (χ4v) is 3.66. The summed E-state index contributed by atoms with van der Waals surface area (Å²) in [5, 5.41) is 0.381. The predicted octanol–water partition coefficient (Wildman–Crippen LogP) is 3.61. The summed E-state index contributed by atoms with van der Waals surface area (Å²) in [5.74, 6) is 0.976. The Kier molecular flexibility index (Phi) is 4.94. The van der Waals surface area contributed by atoms with Crippen LogP contribution in [0.5, 0.6) is 11.5 Å². The molecule has 0 heterocycles. The molecule has 0 fully saturated rings. The van der Waals surface area contributed by atoms with Crippen molar-refractivity contribution in [2.24, 2.45) is 0 Å². The van der Waals surface area contributed by atoms with Crippen LogP contribution in [0, 0.1) is 13.8 Å². The third kappa shape index (κ3) is 3.02. The van der Waals surface area contributed by atoms with Gasteiger partial charge in [0.25, 0.3) is 0 Å². The van der Waals surface area contributed by atoms with Crippen LogP contribution in [0.25, 0.3) is 0 Å². The second-order valence-corrected chi connectivity index (χ2v) is 6.38. The Morgan fingerprint density at radius 1 is 1.00 bits per heavy atom. The lowest BCUT2D eigenvalue weighted by Gasteiger charge is -2.05. The largest absolute Gasteiger partial charge is 0.497 e. The van der Waals surface area contributed by atoms with Crippen molar-refractivity contribution in [3.8, 4) is 11.5 Å². The Labute approximate surface area is 130 Å². The fraction of sp³-hybridized carbons (Fsp3) is 0.235. The minimum absolute atomic E-state index is 0.380. The average Bonchev–Trinajstić information content (AvgIpc) is 2.53. The molecule has 0 bridgehead atoms. The Hall–Kier alpha value is -2.19. The molecule has 1 unspecified atom stereocenters. The highest BCUT2D eigenvalue weighted by Gasteiger charge is 2.37. The molecule has 2 aromatic rings. The number of benzene rings is 2. The van der Waals surface area contributed by atoms with E-state index in [2.05, 4.69) is 0 Å². The maximum absolute atomic E-state index is 12.7. The second-order valence-electron chi connectivity index (χ2n) is 4.90. The summed E-state index contributed by atoms with van der Waals surface area (Å²) in [4.78, 5) is 12.6. The lowest BCUT2D eigenvalue weighted by atomic mass is 10.0. The van der Waals surface area contributed by atoms with Crippen LogP contribution in [0.1, 0.15) is 21.5 Å². The summed E-state index contributed by atoms with van der Waals surface area (Å²) in [6.07, 6.45) is 0. The van der Waals surface area contributed by atoms with Gasteiger partial charge in [-0.3, -0.25) is 0 Å². The van der Waals surface area contributed by atoms with E-state index in [9.17, 15) is 9.36 Å². The summed E-state index contributed by atoms with van der Waals surface area (Å²) in [5.41, 5.74) is 1.78. The molecule has 2 rings (SSSR count). The van der Waals surface area contributed by atoms with Gasteiger partial charge in [0, 0.05) is 6.07 Å². The van der Waals surface area contributed by atoms with E-state index in [0.717, 1.165) is 11.1 Å². The number of ether oxygens (including phenoxy) is 2. The van der Waals surface area contributed by atoms with Crippen LogP contribution in [-0.4, -0.2) is 19.7 Å². The Bertz CT molecular complexity index is 717. The van der Waals surface area contributed by atoms with Gasteiger partial charge in [0.05, 0.1) is 19.8 Å². The van der Waals surface area contributed by atoms with Crippen molar-refractivity contribution in [2.75, 3.05) is 14.2 Å². The van der Waals surface area contributed by atoms with Gasteiger partial charge >= 0.3 is 13.3 Å². The molecule has 1 atom stereocenters. The quantitative estimate of drug-likeness (QED) is 0.791. The minimum atomic E-state index is -2.26. The summed E-state index contributed by atoms with van der Waals surface area (Å²) < 4.78 is 23.1. The predicted molar refractivity (Wildman–Crippen MR) is 87.0 cm³/mol. The number of rotatable bonds is 5. The topological polar surface area (TPSA) is 52.6 Å². The molecular weight excluding hydrogens is 299 g/mol. The lowest BCUT2D eigenvalue weighted by molar-refractivity contribution is 0.107. The van der Waals surface area contributed by atoms with E-state index in [0.29, 0.717) is 22.4 Å². The zero-order valence-electron chi connectivity index (χ0n) is 13.0. The summed E-state index contributed by atoms with van der Waals surface area (Å²) in [7, 11) is 0.756. The van der Waals surface area contributed by atoms with Gasteiger partial charge in [-0.2, -0.15) is 0 Å². The molecule has 0 aliphatic rings. The van der Waals surface area contributed by atoms with Gasteiger partial charge in [0.15, 0.2) is 5.75 Å². The van der Waals surface area contributed by atoms with Crippen molar-refractivity contribution in [3.63, 3.8) is 0 Å². The number of methoxy groups -OCH3 is 2. The summed E-state index contributed by atoms with van der Waals surface area (Å²) in [6, 6.07) is 10.5. The normalized spacial score (nSPS) is 11.0. The van der Waals surface area contributed by atoms with E-state index < -0.39 is 7.80 Å². The van der Waals surface area contributed by atoms with Crippen LogP contribution >= 0.6 is 7.80 Å². The van der Waals surface area contributed by atoms with Crippen molar-refractivity contribution >= 4 is 18.6 Å². The smallest absolute Gasteiger partial charge is 0.462 e. The second kappa shape index (κ2) is 6.71. The van der Waals surface area contributed by atoms with Crippen molar-refractivity contribution in [2.45, 2.75) is 13.8 Å². The molecule has 5 heteroatoms. The average molecular weight is 317 g/mol. The Morgan fingerprint density at radius 2 is 1.64 bits per heavy atom. The number of aryl methyl sites for hydroxylation is 2. The van der Waals surface area contributed by atoms with Crippen LogP contribution in [0.3, 0.4) is 0 Å². The van der Waals surface area contributed by atoms with Crippen molar-refractivity contribution < 1.29 is 18.8 Å². The van der Waals surface area contributed by atoms with Crippen LogP contribution in [0.4, 0.5) is 0 Å². The number of hydrogen-bond acceptors (Lipinski definition) is 4. The van der Waals surface area contributed by atoms with Crippen LogP contribution in [-0.2, 0) is 4.57 Å². The van der Waals surface area contributed by atoms with E-state index in [1.165, 1.54) is 14.2 Å². The Morgan fingerprint density at radius 3 is 2.18 bits per heavy atom. The van der Waals surface area contributed by atoms with Gasteiger partial charge in [-0.05, 0) is 37.1 Å². The zero-order chi connectivity index (χ0) is 16.3. The number of carbonyl (C=O) groups is 1. The molecule has 22 heavy (non-hydrogen) atoms. The molecule has 0 spiro atoms. The van der Waals surface area contributed by atoms with E-state index in [1.807, 2.05) is 32.0 Å². The van der Waals surface area contributed by atoms with Gasteiger partial charge in [-0.1, -0.05) is 22.8 Å². The minimum Gasteiger partial charge on any atom is -0.497 e. The van der Waals surface area contributed by atoms with E-state index >= 15 is 0 Å². The number of hydrogen-bond donors (Lipinski definition) is 0. The molecule has 0 saturated heterocycles. The maximum Gasteiger partial charge on any atom is 0.462 e. The van der Waals surface area contributed by atoms with Crippen molar-refractivity contribution in [1.29, 1.82) is 0 Å². The first-order chi connectivity index (χ1) is 10.5. The maximum atomic E-state index is 12.7. The number of carbonyl (C=O) groups excluding carboxylic acids is 1. The summed E-state index contributed by atoms with van der Waals surface area (Å²) in [6.45, 7) is 3.68. The highest BCUT2D eigenvalue weighted by Crippen LogP contribution is 2.34. The highest BCUT2D eigenvalue weighted by molar-refractivity contribution is 7.71. The molecule has 0 amide bonds. The van der Waals surface area contributed by atoms with Gasteiger partial charge < -0.3 is 9.47 Å². The molecule has 0 radical (unpaired) electrons. The van der Waals surface area contributed by atoms with Crippen LogP contribution in [0.15, 0.2) is 36.4 Å². The molecule has 4 nitrogen and oxygen atoms in total. The zero-order valence-corrected chi connectivity index (χ0v) is 13.9. The van der Waals surface area contributed by atoms with Gasteiger partial charge in [0.2, 0.25) is 5.30 Å². The van der Waals surface area contributed by atoms with E-state index in [4.69, 9.17) is 9.47 Å². The first-order valence-corrected chi connectivity index (χ1v) is 8.05. The molecule has 114 valence electrons. The summed E-state index contributed by atoms with van der Waals surface area (Å²) >= 11 is 0. The Balaban J connectivity index is 2.46. The SMILES string of the molecule is COc1ccc([P+](=O)C(=O)c2c(C)cccc2C)c(OC)c1. The third-order valence-electron chi connectivity index (χ3n) is 3.49. The monoisotopic (exact) mass is 317 g/mol. The standard InChI is InChI=1S/C17H18O4P/c1-11-6-5-7-12(2)16(11)17(18)22(19)15-9-8-13(20-3)10-14(15)21-4/h5-10H,1-4H3/q+1. The molecular formula is C17H18O4P+. The third-order valence-corrected chi connectivity index (χ3v) is 4.88. The molecule has 0 saturated carbocycles. The van der Waals surface area contributed by atoms with Crippen molar-refractivity contribution in [1.82, 2.24) is 0 Å². The fourth-order valence-electron chi connectivity index (χ4n) is 2.32.